The third kappa shape index (κ3) is 3.72. The van der Waals surface area contributed by atoms with Crippen molar-refractivity contribution in [2.24, 2.45) is 0 Å². The molecule has 7 nitrogen and oxygen atoms in total. The maximum Gasteiger partial charge on any atom is 0.321 e. The minimum absolute atomic E-state index is 0.222. The first-order valence-corrected chi connectivity index (χ1v) is 9.75. The second-order valence-corrected chi connectivity index (χ2v) is 7.74. The Kier molecular flexibility index (Phi) is 4.91. The Morgan fingerprint density at radius 1 is 1.26 bits per heavy atom. The van der Waals surface area contributed by atoms with E-state index in [0.717, 1.165) is 41.3 Å². The number of rotatable bonds is 5. The van der Waals surface area contributed by atoms with Gasteiger partial charge < -0.3 is 10.2 Å². The van der Waals surface area contributed by atoms with Gasteiger partial charge in [-0.2, -0.15) is 5.10 Å². The van der Waals surface area contributed by atoms with Crippen molar-refractivity contribution < 1.29 is 4.79 Å². The average molecular weight is 382 g/mol. The first kappa shape index (κ1) is 17.7. The Balaban J connectivity index is 1.57. The molecular weight excluding hydrogens is 360 g/mol. The van der Waals surface area contributed by atoms with Crippen molar-refractivity contribution in [1.82, 2.24) is 25.0 Å². The molecule has 140 valence electrons. The van der Waals surface area contributed by atoms with Crippen LogP contribution in [0.2, 0.25) is 0 Å². The molecule has 0 atom stereocenters. The van der Waals surface area contributed by atoms with Gasteiger partial charge >= 0.3 is 6.03 Å². The number of thiazole rings is 1. The van der Waals surface area contributed by atoms with E-state index >= 15 is 0 Å². The van der Waals surface area contributed by atoms with E-state index < -0.39 is 0 Å². The highest BCUT2D eigenvalue weighted by Crippen LogP contribution is 2.40. The van der Waals surface area contributed by atoms with Crippen molar-refractivity contribution >= 4 is 22.5 Å². The van der Waals surface area contributed by atoms with Crippen LogP contribution in [0, 0.1) is 0 Å². The van der Waals surface area contributed by atoms with Crippen molar-refractivity contribution in [3.05, 3.63) is 47.8 Å². The van der Waals surface area contributed by atoms with E-state index in [2.05, 4.69) is 20.7 Å². The standard InChI is InChI=1S/C19H22N6OS/c1-24(2)11-10-20-18(26)23-19-22-15-9-8-13-12-21-25(16(13)17(15)27-19)14-6-4-3-5-7-14/h3-7,12H,8-11H2,1-2H3,(H2,20,22,23,26). The maximum absolute atomic E-state index is 12.1. The lowest BCUT2D eigenvalue weighted by molar-refractivity contribution is 0.250. The van der Waals surface area contributed by atoms with Crippen molar-refractivity contribution in [2.75, 3.05) is 32.5 Å². The van der Waals surface area contributed by atoms with Gasteiger partial charge in [-0.25, -0.2) is 14.5 Å². The normalized spacial score (nSPS) is 12.6. The molecule has 2 aromatic heterocycles. The van der Waals surface area contributed by atoms with Crippen molar-refractivity contribution in [3.8, 4) is 16.3 Å². The Bertz CT molecular complexity index is 947. The van der Waals surface area contributed by atoms with Crippen LogP contribution >= 0.6 is 11.3 Å². The number of aryl methyl sites for hydroxylation is 2. The molecule has 2 N–H and O–H groups in total. The predicted molar refractivity (Wildman–Crippen MR) is 108 cm³/mol. The van der Waals surface area contributed by atoms with Crippen LogP contribution in [0.25, 0.3) is 16.3 Å². The molecule has 1 aromatic carbocycles. The number of nitrogens with zero attached hydrogens (tertiary/aromatic N) is 4. The summed E-state index contributed by atoms with van der Waals surface area (Å²) in [7, 11) is 3.95. The number of amides is 2. The Hall–Kier alpha value is -2.71. The molecule has 0 bridgehead atoms. The lowest BCUT2D eigenvalue weighted by Gasteiger charge is -2.13. The van der Waals surface area contributed by atoms with Gasteiger partial charge in [0, 0.05) is 13.1 Å². The molecule has 0 spiro atoms. The molecule has 1 aliphatic rings. The summed E-state index contributed by atoms with van der Waals surface area (Å²) in [4.78, 5) is 19.8. The minimum atomic E-state index is -0.222. The van der Waals surface area contributed by atoms with Crippen LogP contribution in [0.1, 0.15) is 11.3 Å². The van der Waals surface area contributed by atoms with E-state index in [4.69, 9.17) is 0 Å². The second-order valence-electron chi connectivity index (χ2n) is 6.74. The number of carbonyl (C=O) groups is 1. The molecule has 2 amide bonds. The van der Waals surface area contributed by atoms with Crippen molar-refractivity contribution in [3.63, 3.8) is 0 Å². The van der Waals surface area contributed by atoms with Crippen molar-refractivity contribution in [1.29, 1.82) is 0 Å². The number of hydrogen-bond donors (Lipinski definition) is 2. The van der Waals surface area contributed by atoms with Crippen LogP contribution in [0.3, 0.4) is 0 Å². The Morgan fingerprint density at radius 3 is 2.85 bits per heavy atom. The number of anilines is 1. The smallest absolute Gasteiger partial charge is 0.321 e. The molecule has 0 aliphatic heterocycles. The maximum atomic E-state index is 12.1. The fraction of sp³-hybridized carbons (Fsp3) is 0.316. The quantitative estimate of drug-likeness (QED) is 0.712. The van der Waals surface area contributed by atoms with Crippen LogP contribution in [0.4, 0.5) is 9.93 Å². The zero-order valence-electron chi connectivity index (χ0n) is 15.4. The number of fused-ring (bicyclic) bond motifs is 3. The zero-order valence-corrected chi connectivity index (χ0v) is 16.2. The molecule has 8 heteroatoms. The molecule has 0 radical (unpaired) electrons. The molecule has 2 heterocycles. The zero-order chi connectivity index (χ0) is 18.8. The van der Waals surface area contributed by atoms with E-state index in [1.807, 2.05) is 60.2 Å². The summed E-state index contributed by atoms with van der Waals surface area (Å²) in [6, 6.07) is 9.86. The summed E-state index contributed by atoms with van der Waals surface area (Å²) in [6.45, 7) is 1.39. The van der Waals surface area contributed by atoms with Crippen LogP contribution < -0.4 is 10.6 Å². The van der Waals surface area contributed by atoms with Gasteiger partial charge in [-0.3, -0.25) is 5.32 Å². The van der Waals surface area contributed by atoms with E-state index in [-0.39, 0.29) is 6.03 Å². The summed E-state index contributed by atoms with van der Waals surface area (Å²) in [5.74, 6) is 0. The predicted octanol–water partition coefficient (Wildman–Crippen LogP) is 2.78. The summed E-state index contributed by atoms with van der Waals surface area (Å²) in [5, 5.41) is 10.9. The van der Waals surface area contributed by atoms with Gasteiger partial charge in [0.25, 0.3) is 0 Å². The number of benzene rings is 1. The van der Waals surface area contributed by atoms with Gasteiger partial charge in [0.15, 0.2) is 5.13 Å². The molecule has 0 unspecified atom stereocenters. The summed E-state index contributed by atoms with van der Waals surface area (Å²) >= 11 is 1.51. The highest BCUT2D eigenvalue weighted by Gasteiger charge is 2.26. The number of urea groups is 1. The number of carbonyl (C=O) groups excluding carboxylic acids is 1. The molecule has 4 rings (SSSR count). The highest BCUT2D eigenvalue weighted by atomic mass is 32.1. The summed E-state index contributed by atoms with van der Waals surface area (Å²) < 4.78 is 1.96. The molecular formula is C19H22N6OS. The Labute approximate surface area is 162 Å². The minimum Gasteiger partial charge on any atom is -0.337 e. The lowest BCUT2D eigenvalue weighted by atomic mass is 10.0. The highest BCUT2D eigenvalue weighted by molar-refractivity contribution is 7.19. The van der Waals surface area contributed by atoms with Gasteiger partial charge in [0.05, 0.1) is 28.1 Å². The number of nitrogens with one attached hydrogen (secondary N) is 2. The summed E-state index contributed by atoms with van der Waals surface area (Å²) in [6.07, 6.45) is 3.71. The number of para-hydroxylation sites is 1. The van der Waals surface area contributed by atoms with Gasteiger partial charge in [0.1, 0.15) is 0 Å². The molecule has 27 heavy (non-hydrogen) atoms. The van der Waals surface area contributed by atoms with E-state index in [0.29, 0.717) is 11.7 Å². The van der Waals surface area contributed by atoms with Crippen LogP contribution in [0.5, 0.6) is 0 Å². The topological polar surface area (TPSA) is 75.1 Å². The first-order valence-electron chi connectivity index (χ1n) is 8.94. The van der Waals surface area contributed by atoms with Crippen LogP contribution in [0.15, 0.2) is 36.5 Å². The van der Waals surface area contributed by atoms with Crippen LogP contribution in [-0.4, -0.2) is 52.9 Å². The number of aromatic nitrogens is 3. The molecule has 1 aliphatic carbocycles. The second kappa shape index (κ2) is 7.50. The lowest BCUT2D eigenvalue weighted by Crippen LogP contribution is -2.34. The van der Waals surface area contributed by atoms with Gasteiger partial charge in [-0.05, 0) is 44.6 Å². The Morgan fingerprint density at radius 2 is 2.07 bits per heavy atom. The third-order valence-electron chi connectivity index (χ3n) is 4.45. The fourth-order valence-corrected chi connectivity index (χ4v) is 4.19. The monoisotopic (exact) mass is 382 g/mol. The van der Waals surface area contributed by atoms with E-state index in [9.17, 15) is 4.79 Å². The van der Waals surface area contributed by atoms with E-state index in [1.54, 1.807) is 0 Å². The van der Waals surface area contributed by atoms with E-state index in [1.165, 1.54) is 16.9 Å². The van der Waals surface area contributed by atoms with Crippen LogP contribution in [-0.2, 0) is 12.8 Å². The molecule has 0 saturated heterocycles. The summed E-state index contributed by atoms with van der Waals surface area (Å²) in [5.41, 5.74) is 4.35. The first-order chi connectivity index (χ1) is 13.1. The fourth-order valence-electron chi connectivity index (χ4n) is 3.12. The molecule has 3 aromatic rings. The van der Waals surface area contributed by atoms with Gasteiger partial charge in [0.2, 0.25) is 0 Å². The van der Waals surface area contributed by atoms with Crippen molar-refractivity contribution in [2.45, 2.75) is 12.8 Å². The molecule has 0 saturated carbocycles. The largest absolute Gasteiger partial charge is 0.337 e. The SMILES string of the molecule is CN(C)CCNC(=O)Nc1nc2c(s1)-c1c(cnn1-c1ccccc1)CC2. The number of likely N-dealkylation sites (N-methyl/N-ethyl adjacent to an activating group) is 1. The van der Waals surface area contributed by atoms with Gasteiger partial charge in [-0.15, -0.1) is 0 Å². The number of hydrogen-bond acceptors (Lipinski definition) is 5. The molecule has 0 fully saturated rings. The third-order valence-corrected chi connectivity index (χ3v) is 5.47. The van der Waals surface area contributed by atoms with Gasteiger partial charge in [-0.1, -0.05) is 29.5 Å². The average Bonchev–Trinajstić information content (AvgIpc) is 3.25.